The van der Waals surface area contributed by atoms with E-state index in [1.807, 2.05) is 12.1 Å². The molecule has 1 atom stereocenters. The smallest absolute Gasteiger partial charge is 0.385 e. The number of nitrogens with two attached hydrogens (primary N) is 2. The van der Waals surface area contributed by atoms with Crippen LogP contribution >= 0.6 is 11.6 Å². The highest BCUT2D eigenvalue weighted by molar-refractivity contribution is 6.31. The van der Waals surface area contributed by atoms with Gasteiger partial charge >= 0.3 is 11.9 Å². The average molecular weight is 652 g/mol. The number of aromatic nitrogens is 3. The molecule has 242 valence electrons. The highest BCUT2D eigenvalue weighted by atomic mass is 35.5. The predicted molar refractivity (Wildman–Crippen MR) is 169 cm³/mol. The van der Waals surface area contributed by atoms with Crippen LogP contribution in [0.3, 0.4) is 0 Å². The Hall–Kier alpha value is -4.07. The predicted octanol–water partition coefficient (Wildman–Crippen LogP) is 5.99. The molecule has 8 nitrogen and oxygen atoms in total. The second kappa shape index (κ2) is 16.3. The fourth-order valence-corrected chi connectivity index (χ4v) is 4.72. The van der Waals surface area contributed by atoms with E-state index in [9.17, 15) is 22.4 Å². The molecule has 0 aliphatic heterocycles. The molecule has 1 unspecified atom stereocenters. The third-order valence-electron chi connectivity index (χ3n) is 6.79. The number of benzene rings is 2. The van der Waals surface area contributed by atoms with E-state index in [4.69, 9.17) is 23.1 Å². The molecule has 0 saturated heterocycles. The van der Waals surface area contributed by atoms with E-state index in [0.717, 1.165) is 5.56 Å². The number of rotatable bonds is 13. The second-order valence-electron chi connectivity index (χ2n) is 10.1. The topological polar surface area (TPSA) is 127 Å². The van der Waals surface area contributed by atoms with Crippen molar-refractivity contribution >= 4 is 28.5 Å². The van der Waals surface area contributed by atoms with Crippen LogP contribution in [0.15, 0.2) is 71.6 Å². The van der Waals surface area contributed by atoms with E-state index in [-0.39, 0.29) is 41.3 Å². The number of hydrogen-bond donors (Lipinski definition) is 4. The fourth-order valence-electron chi connectivity index (χ4n) is 4.48. The molecule has 0 bridgehead atoms. The maximum Gasteiger partial charge on any atom is 0.403 e. The summed E-state index contributed by atoms with van der Waals surface area (Å²) in [6, 6.07) is 9.86. The monoisotopic (exact) mass is 651 g/mol. The van der Waals surface area contributed by atoms with E-state index in [1.54, 1.807) is 24.4 Å². The number of fused-ring (bicyclic) bond motifs is 1. The maximum absolute atomic E-state index is 15.0. The molecule has 0 aliphatic carbocycles. The fraction of sp³-hybridized carbons (Fsp3) is 0.323. The minimum Gasteiger partial charge on any atom is -0.385 e. The normalized spacial score (nSPS) is 12.6. The van der Waals surface area contributed by atoms with E-state index in [1.165, 1.54) is 16.7 Å². The van der Waals surface area contributed by atoms with Crippen LogP contribution in [-0.2, 0) is 13.0 Å². The SMILES string of the molecule is C=C.NC(CF)=NCCCNCc1ccc(-n2cc3cc(-c4cc(CCCC(N)C(F)(F)F)cc(Cl)c4F)[nH]c3nc2=O)cc1. The molecule has 4 aromatic rings. The van der Waals surface area contributed by atoms with Gasteiger partial charge in [0.15, 0.2) is 5.82 Å². The van der Waals surface area contributed by atoms with Crippen molar-refractivity contribution in [2.75, 3.05) is 19.8 Å². The zero-order valence-electron chi connectivity index (χ0n) is 24.4. The summed E-state index contributed by atoms with van der Waals surface area (Å²) in [6.07, 6.45) is -2.11. The van der Waals surface area contributed by atoms with Gasteiger partial charge in [0.25, 0.3) is 0 Å². The van der Waals surface area contributed by atoms with Crippen LogP contribution in [0.2, 0.25) is 5.02 Å². The minimum absolute atomic E-state index is 0.0116. The Kier molecular flexibility index (Phi) is 12.8. The third kappa shape index (κ3) is 9.71. The second-order valence-corrected chi connectivity index (χ2v) is 10.5. The van der Waals surface area contributed by atoms with Crippen molar-refractivity contribution in [1.82, 2.24) is 19.9 Å². The lowest BCUT2D eigenvalue weighted by Crippen LogP contribution is -2.37. The molecule has 0 fully saturated rings. The number of aromatic amines is 1. The Morgan fingerprint density at radius 3 is 2.51 bits per heavy atom. The summed E-state index contributed by atoms with van der Waals surface area (Å²) in [6.45, 7) is 6.93. The Morgan fingerprint density at radius 2 is 1.84 bits per heavy atom. The van der Waals surface area contributed by atoms with Gasteiger partial charge in [-0.05, 0) is 73.7 Å². The molecule has 2 aromatic heterocycles. The summed E-state index contributed by atoms with van der Waals surface area (Å²) in [5.74, 6) is -0.720. The zero-order chi connectivity index (χ0) is 33.1. The van der Waals surface area contributed by atoms with E-state index < -0.39 is 30.4 Å². The molecular weight excluding hydrogens is 617 g/mol. The van der Waals surface area contributed by atoms with Crippen LogP contribution in [0, 0.1) is 5.82 Å². The molecule has 45 heavy (non-hydrogen) atoms. The summed E-state index contributed by atoms with van der Waals surface area (Å²) in [5.41, 5.74) is 12.7. The van der Waals surface area contributed by atoms with E-state index in [2.05, 4.69) is 33.4 Å². The largest absolute Gasteiger partial charge is 0.403 e. The van der Waals surface area contributed by atoms with Gasteiger partial charge < -0.3 is 21.8 Å². The Morgan fingerprint density at radius 1 is 1.13 bits per heavy atom. The number of aryl methyl sites for hydroxylation is 1. The minimum atomic E-state index is -4.48. The zero-order valence-corrected chi connectivity index (χ0v) is 25.2. The van der Waals surface area contributed by atoms with Crippen LogP contribution < -0.4 is 22.5 Å². The van der Waals surface area contributed by atoms with Gasteiger partial charge in [0.1, 0.15) is 24.2 Å². The summed E-state index contributed by atoms with van der Waals surface area (Å²) >= 11 is 6.11. The highest BCUT2D eigenvalue weighted by Crippen LogP contribution is 2.32. The van der Waals surface area contributed by atoms with Crippen LogP contribution in [0.1, 0.15) is 30.4 Å². The molecule has 2 heterocycles. The standard InChI is InChI=1S/C29H31ClF5N7O.C2H4/c30-22-12-18(3-1-4-24(36)29(33,34)35)11-21(26(22)32)23-13-19-16-42(28(43)41-27(19)40-23)20-7-5-17(6-8-20)15-38-9-2-10-39-25(37)14-31;1-2/h5-8,11-13,16,24,38H,1-4,9-10,14-15,36H2,(H2,37,39)(H,40,41,43);1-2H2. The Bertz CT molecular complexity index is 1650. The summed E-state index contributed by atoms with van der Waals surface area (Å²) < 4.78 is 66.8. The van der Waals surface area contributed by atoms with Crippen LogP contribution in [0.25, 0.3) is 28.0 Å². The number of hydrogen-bond acceptors (Lipinski definition) is 5. The molecule has 0 saturated carbocycles. The lowest BCUT2D eigenvalue weighted by molar-refractivity contribution is -0.149. The van der Waals surface area contributed by atoms with Gasteiger partial charge in [0, 0.05) is 30.2 Å². The molecule has 4 rings (SSSR count). The van der Waals surface area contributed by atoms with Gasteiger partial charge in [-0.3, -0.25) is 9.56 Å². The van der Waals surface area contributed by atoms with Crippen molar-refractivity contribution in [2.24, 2.45) is 16.5 Å². The quantitative estimate of drug-likeness (QED) is 0.0464. The van der Waals surface area contributed by atoms with Gasteiger partial charge in [-0.25, -0.2) is 13.6 Å². The highest BCUT2D eigenvalue weighted by Gasteiger charge is 2.35. The number of halogens is 6. The van der Waals surface area contributed by atoms with Crippen LogP contribution in [0.4, 0.5) is 22.0 Å². The summed E-state index contributed by atoms with van der Waals surface area (Å²) in [5, 5.41) is 3.62. The number of H-pyrrole nitrogens is 1. The summed E-state index contributed by atoms with van der Waals surface area (Å²) in [7, 11) is 0. The first kappa shape index (κ1) is 35.4. The maximum atomic E-state index is 15.0. The number of nitrogens with one attached hydrogen (secondary N) is 2. The van der Waals surface area contributed by atoms with Gasteiger partial charge in [-0.15, -0.1) is 13.2 Å². The first-order valence-electron chi connectivity index (χ1n) is 14.0. The lowest BCUT2D eigenvalue weighted by Gasteiger charge is -2.15. The summed E-state index contributed by atoms with van der Waals surface area (Å²) in [4.78, 5) is 23.8. The number of nitrogens with zero attached hydrogens (tertiary/aromatic N) is 3. The van der Waals surface area contributed by atoms with Crippen molar-refractivity contribution in [3.05, 3.63) is 94.3 Å². The number of alkyl halides is 4. The van der Waals surface area contributed by atoms with Crippen LogP contribution in [-0.4, -0.2) is 52.4 Å². The lowest BCUT2D eigenvalue weighted by atomic mass is 10.0. The molecule has 0 radical (unpaired) electrons. The van der Waals surface area contributed by atoms with Crippen molar-refractivity contribution in [3.8, 4) is 16.9 Å². The van der Waals surface area contributed by atoms with Crippen molar-refractivity contribution in [1.29, 1.82) is 0 Å². The molecule has 6 N–H and O–H groups in total. The molecule has 2 aromatic carbocycles. The van der Waals surface area contributed by atoms with Gasteiger partial charge in [-0.1, -0.05) is 23.7 Å². The molecule has 0 spiro atoms. The van der Waals surface area contributed by atoms with E-state index in [0.29, 0.717) is 48.4 Å². The average Bonchev–Trinajstić information content (AvgIpc) is 3.43. The van der Waals surface area contributed by atoms with Gasteiger partial charge in [0.05, 0.1) is 16.4 Å². The van der Waals surface area contributed by atoms with Crippen LogP contribution in [0.5, 0.6) is 0 Å². The van der Waals surface area contributed by atoms with Gasteiger partial charge in [-0.2, -0.15) is 18.2 Å². The molecular formula is C31H35ClF5N7O. The molecule has 14 heteroatoms. The van der Waals surface area contributed by atoms with Crippen molar-refractivity contribution < 1.29 is 22.0 Å². The number of aliphatic imine (C=N–C) groups is 1. The third-order valence-corrected chi connectivity index (χ3v) is 7.07. The first-order chi connectivity index (χ1) is 21.5. The van der Waals surface area contributed by atoms with Gasteiger partial charge in [0.2, 0.25) is 0 Å². The Labute approximate surface area is 262 Å². The Balaban J connectivity index is 0.00000271. The molecule has 0 aliphatic rings. The van der Waals surface area contributed by atoms with Crippen molar-refractivity contribution in [2.45, 2.75) is 44.4 Å². The van der Waals surface area contributed by atoms with E-state index >= 15 is 4.39 Å². The number of amidine groups is 1. The van der Waals surface area contributed by atoms with Crippen molar-refractivity contribution in [3.63, 3.8) is 0 Å². The molecule has 0 amide bonds. The first-order valence-corrected chi connectivity index (χ1v) is 14.4.